The van der Waals surface area contributed by atoms with Gasteiger partial charge in [0.25, 0.3) is 0 Å². The fraction of sp³-hybridized carbons (Fsp3) is 0.929. The molecule has 0 spiro atoms. The van der Waals surface area contributed by atoms with Crippen LogP contribution in [-0.2, 0) is 4.79 Å². The second-order valence-corrected chi connectivity index (χ2v) is 5.67. The van der Waals surface area contributed by atoms with E-state index in [0.717, 1.165) is 38.9 Å². The number of amides is 1. The second-order valence-electron chi connectivity index (χ2n) is 5.67. The molecule has 1 heterocycles. The van der Waals surface area contributed by atoms with Crippen molar-refractivity contribution in [3.8, 4) is 0 Å². The summed E-state index contributed by atoms with van der Waals surface area (Å²) in [5.41, 5.74) is 0. The van der Waals surface area contributed by atoms with Gasteiger partial charge in [0.2, 0.25) is 5.91 Å². The number of likely N-dealkylation sites (N-methyl/N-ethyl adjacent to an activating group) is 1. The molecule has 4 nitrogen and oxygen atoms in total. The lowest BCUT2D eigenvalue weighted by atomic mass is 9.94. The highest BCUT2D eigenvalue weighted by atomic mass is 16.3. The van der Waals surface area contributed by atoms with Crippen LogP contribution in [0.3, 0.4) is 0 Å². The smallest absolute Gasteiger partial charge is 0.239 e. The number of hydrogen-bond donors (Lipinski definition) is 2. The van der Waals surface area contributed by atoms with Crippen LogP contribution < -0.4 is 5.32 Å². The number of aliphatic hydroxyl groups excluding tert-OH is 1. The molecular formula is C14H26N2O2. The Morgan fingerprint density at radius 3 is 2.78 bits per heavy atom. The number of piperidine rings is 1. The van der Waals surface area contributed by atoms with Crippen LogP contribution in [0.15, 0.2) is 0 Å². The number of carbonyl (C=O) groups is 1. The van der Waals surface area contributed by atoms with E-state index < -0.39 is 0 Å². The third-order valence-corrected chi connectivity index (χ3v) is 4.49. The minimum atomic E-state index is 0.0257. The van der Waals surface area contributed by atoms with Crippen LogP contribution in [0.2, 0.25) is 0 Å². The van der Waals surface area contributed by atoms with Crippen LogP contribution in [0.4, 0.5) is 0 Å². The first-order valence-electron chi connectivity index (χ1n) is 7.39. The Hall–Kier alpha value is -0.610. The van der Waals surface area contributed by atoms with Crippen molar-refractivity contribution in [2.24, 2.45) is 11.8 Å². The summed E-state index contributed by atoms with van der Waals surface area (Å²) in [4.78, 5) is 14.3. The van der Waals surface area contributed by atoms with Crippen molar-refractivity contribution in [2.75, 3.05) is 26.2 Å². The van der Waals surface area contributed by atoms with E-state index >= 15 is 0 Å². The molecule has 2 N–H and O–H groups in total. The van der Waals surface area contributed by atoms with Crippen molar-refractivity contribution in [3.05, 3.63) is 0 Å². The van der Waals surface area contributed by atoms with Gasteiger partial charge >= 0.3 is 0 Å². The van der Waals surface area contributed by atoms with Gasteiger partial charge in [-0.3, -0.25) is 4.79 Å². The van der Waals surface area contributed by atoms with Crippen molar-refractivity contribution in [1.29, 1.82) is 0 Å². The summed E-state index contributed by atoms with van der Waals surface area (Å²) < 4.78 is 0. The Morgan fingerprint density at radius 2 is 2.06 bits per heavy atom. The molecule has 0 bridgehead atoms. The van der Waals surface area contributed by atoms with E-state index in [2.05, 4.69) is 5.32 Å². The first-order chi connectivity index (χ1) is 8.76. The molecule has 1 saturated heterocycles. The second kappa shape index (κ2) is 6.53. The first kappa shape index (κ1) is 13.8. The summed E-state index contributed by atoms with van der Waals surface area (Å²) in [6.45, 7) is 4.93. The lowest BCUT2D eigenvalue weighted by Gasteiger charge is -2.35. The Kier molecular flexibility index (Phi) is 5.01. The number of likely N-dealkylation sites (tertiary alicyclic amines) is 1. The molecular weight excluding hydrogens is 228 g/mol. The average Bonchev–Trinajstić information content (AvgIpc) is 2.82. The Morgan fingerprint density at radius 1 is 1.28 bits per heavy atom. The van der Waals surface area contributed by atoms with E-state index in [1.165, 1.54) is 12.8 Å². The summed E-state index contributed by atoms with van der Waals surface area (Å²) in [5.74, 6) is 1.20. The quantitative estimate of drug-likeness (QED) is 0.769. The minimum Gasteiger partial charge on any atom is -0.396 e. The molecule has 2 aliphatic rings. The fourth-order valence-corrected chi connectivity index (χ4v) is 3.43. The van der Waals surface area contributed by atoms with Gasteiger partial charge in [0.15, 0.2) is 0 Å². The predicted octanol–water partition coefficient (Wildman–Crippen LogP) is 0.995. The molecule has 0 aromatic rings. The van der Waals surface area contributed by atoms with E-state index in [1.54, 1.807) is 0 Å². The molecule has 4 heteroatoms. The van der Waals surface area contributed by atoms with Crippen LogP contribution in [-0.4, -0.2) is 48.2 Å². The maximum Gasteiger partial charge on any atom is 0.239 e. The van der Waals surface area contributed by atoms with Gasteiger partial charge in [0.1, 0.15) is 0 Å². The first-order valence-corrected chi connectivity index (χ1v) is 7.39. The number of nitrogens with zero attached hydrogens (tertiary/aromatic N) is 1. The van der Waals surface area contributed by atoms with Gasteiger partial charge in [-0.2, -0.15) is 0 Å². The maximum atomic E-state index is 12.3. The van der Waals surface area contributed by atoms with Gasteiger partial charge in [0.05, 0.1) is 6.04 Å². The van der Waals surface area contributed by atoms with Gasteiger partial charge in [-0.15, -0.1) is 0 Å². The molecule has 1 saturated carbocycles. The Bertz CT molecular complexity index is 281. The summed E-state index contributed by atoms with van der Waals surface area (Å²) in [5, 5.41) is 12.6. The highest BCUT2D eigenvalue weighted by molar-refractivity contribution is 5.82. The fourth-order valence-electron chi connectivity index (χ4n) is 3.43. The number of aliphatic hydroxyl groups is 1. The molecule has 2 fully saturated rings. The van der Waals surface area contributed by atoms with Crippen molar-refractivity contribution < 1.29 is 9.90 Å². The summed E-state index contributed by atoms with van der Waals surface area (Å²) >= 11 is 0. The molecule has 2 rings (SSSR count). The van der Waals surface area contributed by atoms with Crippen LogP contribution >= 0.6 is 0 Å². The van der Waals surface area contributed by atoms with E-state index in [4.69, 9.17) is 0 Å². The third-order valence-electron chi connectivity index (χ3n) is 4.49. The molecule has 1 aliphatic heterocycles. The normalized spacial score (nSPS) is 33.1. The molecule has 0 radical (unpaired) electrons. The van der Waals surface area contributed by atoms with E-state index in [-0.39, 0.29) is 18.6 Å². The lowest BCUT2D eigenvalue weighted by Crippen LogP contribution is -2.52. The average molecular weight is 254 g/mol. The van der Waals surface area contributed by atoms with Crippen LogP contribution in [0.1, 0.15) is 39.0 Å². The highest BCUT2D eigenvalue weighted by Crippen LogP contribution is 2.32. The number of hydrogen-bond acceptors (Lipinski definition) is 3. The third kappa shape index (κ3) is 3.04. The van der Waals surface area contributed by atoms with Crippen molar-refractivity contribution in [1.82, 2.24) is 10.2 Å². The van der Waals surface area contributed by atoms with Crippen molar-refractivity contribution >= 4 is 5.91 Å². The van der Waals surface area contributed by atoms with Crippen LogP contribution in [0, 0.1) is 11.8 Å². The summed E-state index contributed by atoms with van der Waals surface area (Å²) in [6.07, 6.45) is 5.56. The number of carbonyl (C=O) groups excluding carboxylic acids is 1. The summed E-state index contributed by atoms with van der Waals surface area (Å²) in [6, 6.07) is 0.0257. The van der Waals surface area contributed by atoms with Crippen LogP contribution in [0.25, 0.3) is 0 Å². The van der Waals surface area contributed by atoms with Crippen molar-refractivity contribution in [3.63, 3.8) is 0 Å². The summed E-state index contributed by atoms with van der Waals surface area (Å²) in [7, 11) is 0. The van der Waals surface area contributed by atoms with Gasteiger partial charge in [-0.25, -0.2) is 0 Å². The number of nitrogens with one attached hydrogen (secondary N) is 1. The van der Waals surface area contributed by atoms with Crippen molar-refractivity contribution in [2.45, 2.75) is 45.1 Å². The van der Waals surface area contributed by atoms with Gasteiger partial charge < -0.3 is 15.3 Å². The topological polar surface area (TPSA) is 52.6 Å². The zero-order valence-corrected chi connectivity index (χ0v) is 11.4. The Labute approximate surface area is 110 Å². The number of rotatable bonds is 5. The molecule has 3 atom stereocenters. The molecule has 0 aromatic carbocycles. The zero-order chi connectivity index (χ0) is 13.0. The molecule has 3 unspecified atom stereocenters. The lowest BCUT2D eigenvalue weighted by molar-refractivity contribution is -0.136. The maximum absolute atomic E-state index is 12.3. The Balaban J connectivity index is 1.89. The van der Waals surface area contributed by atoms with E-state index in [9.17, 15) is 9.90 Å². The SMILES string of the molecule is CCNC1CCCN(CC2CCCC2CO)C1=O. The molecule has 0 aromatic heterocycles. The highest BCUT2D eigenvalue weighted by Gasteiger charge is 2.33. The van der Waals surface area contributed by atoms with Gasteiger partial charge in [-0.05, 0) is 44.1 Å². The predicted molar refractivity (Wildman–Crippen MR) is 71.2 cm³/mol. The molecule has 1 aliphatic carbocycles. The van der Waals surface area contributed by atoms with Gasteiger partial charge in [-0.1, -0.05) is 13.3 Å². The van der Waals surface area contributed by atoms with E-state index in [1.807, 2.05) is 11.8 Å². The minimum absolute atomic E-state index is 0.0257. The van der Waals surface area contributed by atoms with Gasteiger partial charge in [0, 0.05) is 19.7 Å². The monoisotopic (exact) mass is 254 g/mol. The largest absolute Gasteiger partial charge is 0.396 e. The van der Waals surface area contributed by atoms with Crippen LogP contribution in [0.5, 0.6) is 0 Å². The van der Waals surface area contributed by atoms with E-state index in [0.29, 0.717) is 11.8 Å². The molecule has 18 heavy (non-hydrogen) atoms. The molecule has 104 valence electrons. The molecule has 1 amide bonds. The standard InChI is InChI=1S/C14H26N2O2/c1-2-15-13-7-4-8-16(14(13)18)9-11-5-3-6-12(11)10-17/h11-13,15,17H,2-10H2,1H3. The zero-order valence-electron chi connectivity index (χ0n) is 11.4.